The fourth-order valence-corrected chi connectivity index (χ4v) is 5.86. The minimum atomic E-state index is -0.0580. The first-order valence-corrected chi connectivity index (χ1v) is 10.9. The number of hydrogen-bond acceptors (Lipinski definition) is 4. The molecule has 140 valence electrons. The highest BCUT2D eigenvalue weighted by atomic mass is 32.2. The second kappa shape index (κ2) is 6.51. The number of rotatable bonds is 4. The molecule has 1 N–H and O–H groups in total. The van der Waals surface area contributed by atoms with E-state index in [1.54, 1.807) is 16.2 Å². The summed E-state index contributed by atoms with van der Waals surface area (Å²) >= 11 is 1.64. The van der Waals surface area contributed by atoms with Gasteiger partial charge in [0.25, 0.3) is 5.56 Å². The van der Waals surface area contributed by atoms with Crippen LogP contribution in [0.4, 0.5) is 0 Å². The van der Waals surface area contributed by atoms with Gasteiger partial charge >= 0.3 is 0 Å². The van der Waals surface area contributed by atoms with Crippen molar-refractivity contribution in [1.29, 1.82) is 0 Å². The molecule has 3 aromatic rings. The highest BCUT2D eigenvalue weighted by molar-refractivity contribution is 7.99. The quantitative estimate of drug-likeness (QED) is 0.540. The van der Waals surface area contributed by atoms with E-state index in [1.807, 2.05) is 6.07 Å². The van der Waals surface area contributed by atoms with Crippen molar-refractivity contribution in [2.75, 3.05) is 5.75 Å². The first kappa shape index (κ1) is 17.0. The van der Waals surface area contributed by atoms with Crippen molar-refractivity contribution in [3.63, 3.8) is 0 Å². The van der Waals surface area contributed by atoms with Crippen molar-refractivity contribution in [3.8, 4) is 11.3 Å². The molecule has 2 aliphatic rings. The number of aromatic nitrogens is 4. The molecule has 1 fully saturated rings. The molecular weight excluding hydrogens is 356 g/mol. The van der Waals surface area contributed by atoms with Gasteiger partial charge in [0.2, 0.25) is 5.78 Å². The fourth-order valence-electron chi connectivity index (χ4n) is 4.84. The Hall–Kier alpha value is -2.08. The van der Waals surface area contributed by atoms with Crippen LogP contribution in [0.5, 0.6) is 0 Å². The summed E-state index contributed by atoms with van der Waals surface area (Å²) in [5.74, 6) is 1.52. The van der Waals surface area contributed by atoms with Gasteiger partial charge < -0.3 is 0 Å². The van der Waals surface area contributed by atoms with Crippen LogP contribution in [-0.4, -0.2) is 25.3 Å². The first-order chi connectivity index (χ1) is 13.2. The molecule has 6 heteroatoms. The van der Waals surface area contributed by atoms with Gasteiger partial charge in [-0.25, -0.2) is 14.5 Å². The van der Waals surface area contributed by atoms with Crippen molar-refractivity contribution < 1.29 is 0 Å². The van der Waals surface area contributed by atoms with Crippen LogP contribution in [0.1, 0.15) is 56.6 Å². The zero-order chi connectivity index (χ0) is 18.4. The summed E-state index contributed by atoms with van der Waals surface area (Å²) in [6, 6.07) is 8.43. The number of nitrogens with one attached hydrogen (secondary N) is 1. The van der Waals surface area contributed by atoms with E-state index in [4.69, 9.17) is 4.98 Å². The minimum Gasteiger partial charge on any atom is -0.268 e. The third kappa shape index (κ3) is 2.57. The smallest absolute Gasteiger partial charge is 0.265 e. The van der Waals surface area contributed by atoms with Crippen LogP contribution in [0.15, 0.2) is 34.2 Å². The number of H-pyrrole nitrogens is 1. The predicted octanol–water partition coefficient (Wildman–Crippen LogP) is 4.34. The highest BCUT2D eigenvalue weighted by Gasteiger charge is 2.44. The molecule has 2 aliphatic carbocycles. The third-order valence-electron chi connectivity index (χ3n) is 6.15. The lowest BCUT2D eigenvalue weighted by Crippen LogP contribution is -2.38. The van der Waals surface area contributed by atoms with Gasteiger partial charge in [-0.3, -0.25) is 4.79 Å². The Kier molecular flexibility index (Phi) is 4.11. The maximum Gasteiger partial charge on any atom is 0.265 e. The second-order valence-electron chi connectivity index (χ2n) is 7.83. The molecule has 0 amide bonds. The summed E-state index contributed by atoms with van der Waals surface area (Å²) in [7, 11) is 0. The van der Waals surface area contributed by atoms with Crippen molar-refractivity contribution in [1.82, 2.24) is 19.6 Å². The molecule has 1 saturated carbocycles. The van der Waals surface area contributed by atoms with Crippen molar-refractivity contribution in [2.24, 2.45) is 0 Å². The highest BCUT2D eigenvalue weighted by Crippen LogP contribution is 2.49. The topological polar surface area (TPSA) is 63.0 Å². The number of aromatic amines is 1. The summed E-state index contributed by atoms with van der Waals surface area (Å²) < 4.78 is 1.72. The zero-order valence-electron chi connectivity index (χ0n) is 15.6. The Morgan fingerprint density at radius 3 is 2.89 bits per heavy atom. The number of benzene rings is 1. The van der Waals surface area contributed by atoms with Gasteiger partial charge in [0.05, 0.1) is 11.3 Å². The maximum absolute atomic E-state index is 13.7. The summed E-state index contributed by atoms with van der Waals surface area (Å²) in [6.45, 7) is 2.18. The Labute approximate surface area is 162 Å². The van der Waals surface area contributed by atoms with E-state index in [0.717, 1.165) is 59.8 Å². The Balaban J connectivity index is 1.75. The molecule has 1 aromatic carbocycles. The van der Waals surface area contributed by atoms with E-state index in [-0.39, 0.29) is 11.0 Å². The normalized spacial score (nSPS) is 17.4. The largest absolute Gasteiger partial charge is 0.268 e. The Morgan fingerprint density at radius 2 is 2.07 bits per heavy atom. The molecule has 2 aromatic heterocycles. The molecule has 0 radical (unpaired) electrons. The van der Waals surface area contributed by atoms with Crippen LogP contribution in [-0.2, 0) is 11.8 Å². The van der Waals surface area contributed by atoms with E-state index < -0.39 is 0 Å². The average Bonchev–Trinajstić information content (AvgIpc) is 3.30. The minimum absolute atomic E-state index is 0.0580. The van der Waals surface area contributed by atoms with E-state index in [1.165, 1.54) is 18.4 Å². The van der Waals surface area contributed by atoms with Crippen LogP contribution in [0.2, 0.25) is 0 Å². The summed E-state index contributed by atoms with van der Waals surface area (Å²) in [5, 5.41) is 8.15. The van der Waals surface area contributed by atoms with E-state index >= 15 is 0 Å². The number of nitrogens with zero attached hydrogens (tertiary/aromatic N) is 3. The van der Waals surface area contributed by atoms with Crippen LogP contribution in [0.25, 0.3) is 17.0 Å². The van der Waals surface area contributed by atoms with Gasteiger partial charge in [-0.1, -0.05) is 62.2 Å². The number of unbranched alkanes of at least 4 members (excludes halogenated alkanes) is 1. The van der Waals surface area contributed by atoms with Gasteiger partial charge in [0, 0.05) is 16.7 Å². The number of hydrogen-bond donors (Lipinski definition) is 1. The molecule has 5 nitrogen and oxygen atoms in total. The van der Waals surface area contributed by atoms with E-state index in [9.17, 15) is 4.79 Å². The van der Waals surface area contributed by atoms with Crippen LogP contribution in [0.3, 0.4) is 0 Å². The van der Waals surface area contributed by atoms with Crippen LogP contribution < -0.4 is 5.56 Å². The summed E-state index contributed by atoms with van der Waals surface area (Å²) in [6.07, 6.45) is 7.73. The maximum atomic E-state index is 13.7. The zero-order valence-corrected chi connectivity index (χ0v) is 16.4. The van der Waals surface area contributed by atoms with Crippen molar-refractivity contribution >= 4 is 17.5 Å². The van der Waals surface area contributed by atoms with Gasteiger partial charge in [-0.15, -0.1) is 5.10 Å². The van der Waals surface area contributed by atoms with Gasteiger partial charge in [-0.2, -0.15) is 0 Å². The van der Waals surface area contributed by atoms with Crippen molar-refractivity contribution in [2.45, 2.75) is 62.4 Å². The molecule has 27 heavy (non-hydrogen) atoms. The molecule has 5 rings (SSSR count). The lowest BCUT2D eigenvalue weighted by atomic mass is 9.68. The first-order valence-electron chi connectivity index (χ1n) is 9.96. The second-order valence-corrected chi connectivity index (χ2v) is 8.89. The van der Waals surface area contributed by atoms with Crippen LogP contribution in [0, 0.1) is 0 Å². The Bertz CT molecular complexity index is 1060. The predicted molar refractivity (Wildman–Crippen MR) is 109 cm³/mol. The van der Waals surface area contributed by atoms with E-state index in [2.05, 4.69) is 35.3 Å². The standard InChI is InChI=1S/C21H24N4OS/c1-2-3-12-27-20-24-23-19-22-17-15-9-5-4-8-14(15)13-21(10-6-7-11-21)16(17)18(26)25(19)20/h4-5,8-9H,2-3,6-7,10-13H2,1H3,(H,22,23). The van der Waals surface area contributed by atoms with Gasteiger partial charge in [0.15, 0.2) is 5.16 Å². The fraction of sp³-hybridized carbons (Fsp3) is 0.476. The molecule has 0 saturated heterocycles. The lowest BCUT2D eigenvalue weighted by molar-refractivity contribution is 0.425. The molecule has 2 heterocycles. The molecular formula is C21H24N4OS. The third-order valence-corrected chi connectivity index (χ3v) is 7.17. The average molecular weight is 381 g/mol. The SMILES string of the molecule is CCCCSc1n[nH]c2nc3c(c(=O)n12)C1(CCCC1)Cc1ccccc1-3. The van der Waals surface area contributed by atoms with Crippen LogP contribution >= 0.6 is 11.8 Å². The molecule has 0 unspecified atom stereocenters. The lowest BCUT2D eigenvalue weighted by Gasteiger charge is -2.35. The van der Waals surface area contributed by atoms with E-state index in [0.29, 0.717) is 5.78 Å². The summed E-state index contributed by atoms with van der Waals surface area (Å²) in [5.41, 5.74) is 4.25. The Morgan fingerprint density at radius 1 is 1.26 bits per heavy atom. The molecule has 0 aliphatic heterocycles. The van der Waals surface area contributed by atoms with Crippen molar-refractivity contribution in [3.05, 3.63) is 45.7 Å². The number of fused-ring (bicyclic) bond motifs is 5. The molecule has 1 spiro atoms. The molecule has 0 bridgehead atoms. The van der Waals surface area contributed by atoms with Gasteiger partial charge in [0.1, 0.15) is 0 Å². The molecule has 0 atom stereocenters. The number of thioether (sulfide) groups is 1. The monoisotopic (exact) mass is 380 g/mol. The van der Waals surface area contributed by atoms with Gasteiger partial charge in [-0.05, 0) is 31.2 Å². The summed E-state index contributed by atoms with van der Waals surface area (Å²) in [4.78, 5) is 18.6.